The van der Waals surface area contributed by atoms with Crippen molar-refractivity contribution in [3.05, 3.63) is 54.2 Å². The highest BCUT2D eigenvalue weighted by Gasteiger charge is 2.37. The highest BCUT2D eigenvalue weighted by atomic mass is 16.3. The van der Waals surface area contributed by atoms with Crippen LogP contribution in [0, 0.1) is 0 Å². The summed E-state index contributed by atoms with van der Waals surface area (Å²) in [6.07, 6.45) is 2.94. The molecule has 0 unspecified atom stereocenters. The summed E-state index contributed by atoms with van der Waals surface area (Å²) in [5.41, 5.74) is 1.82. The van der Waals surface area contributed by atoms with Gasteiger partial charge in [0.2, 0.25) is 5.91 Å². The second-order valence-electron chi connectivity index (χ2n) is 6.53. The van der Waals surface area contributed by atoms with E-state index in [0.717, 1.165) is 23.3 Å². The van der Waals surface area contributed by atoms with Crippen molar-refractivity contribution in [2.75, 3.05) is 13.6 Å². The van der Waals surface area contributed by atoms with Gasteiger partial charge in [0.25, 0.3) is 5.91 Å². The van der Waals surface area contributed by atoms with E-state index in [-0.39, 0.29) is 17.6 Å². The summed E-state index contributed by atoms with van der Waals surface area (Å²) in [5, 5.41) is 0. The van der Waals surface area contributed by atoms with Gasteiger partial charge in [0.1, 0.15) is 11.9 Å². The summed E-state index contributed by atoms with van der Waals surface area (Å²) in [5.74, 6) is 0.680. The Kier molecular flexibility index (Phi) is 4.20. The molecule has 3 aromatic rings. The number of nitrogens with zero attached hydrogens (tertiary/aromatic N) is 3. The molecular weight excluding hydrogens is 332 g/mol. The van der Waals surface area contributed by atoms with Crippen LogP contribution >= 0.6 is 0 Å². The molecule has 7 nitrogen and oxygen atoms in total. The maximum absolute atomic E-state index is 12.9. The van der Waals surface area contributed by atoms with Crippen molar-refractivity contribution in [2.24, 2.45) is 0 Å². The first-order valence-electron chi connectivity index (χ1n) is 8.66. The maximum Gasteiger partial charge on any atom is 0.290 e. The Morgan fingerprint density at radius 3 is 2.92 bits per heavy atom. The van der Waals surface area contributed by atoms with Crippen LogP contribution in [0.2, 0.25) is 0 Å². The monoisotopic (exact) mass is 352 g/mol. The average Bonchev–Trinajstić information content (AvgIpc) is 3.39. The Hall–Kier alpha value is -3.09. The molecule has 1 fully saturated rings. The molecule has 0 radical (unpaired) electrons. The number of benzene rings is 1. The minimum absolute atomic E-state index is 0.0807. The lowest BCUT2D eigenvalue weighted by Gasteiger charge is -2.27. The largest absolute Gasteiger partial charge is 0.459 e. The molecule has 0 bridgehead atoms. The van der Waals surface area contributed by atoms with E-state index in [1.54, 1.807) is 29.0 Å². The van der Waals surface area contributed by atoms with Crippen molar-refractivity contribution in [3.8, 4) is 0 Å². The van der Waals surface area contributed by atoms with E-state index in [1.807, 2.05) is 24.3 Å². The number of aromatic amines is 1. The predicted molar refractivity (Wildman–Crippen MR) is 95.3 cm³/mol. The number of aromatic nitrogens is 2. The summed E-state index contributed by atoms with van der Waals surface area (Å²) in [4.78, 5) is 36.4. The fourth-order valence-corrected chi connectivity index (χ4v) is 3.45. The second kappa shape index (κ2) is 6.67. The number of carbonyl (C=O) groups excluding carboxylic acids is 2. The van der Waals surface area contributed by atoms with Gasteiger partial charge in [-0.25, -0.2) is 4.98 Å². The smallest absolute Gasteiger partial charge is 0.290 e. The summed E-state index contributed by atoms with van der Waals surface area (Å²) < 4.78 is 5.19. The number of para-hydroxylation sites is 2. The number of rotatable bonds is 4. The number of furan rings is 1. The van der Waals surface area contributed by atoms with Gasteiger partial charge >= 0.3 is 0 Å². The third-order valence-electron chi connectivity index (χ3n) is 4.73. The number of fused-ring (bicyclic) bond motifs is 1. The van der Waals surface area contributed by atoms with Crippen molar-refractivity contribution in [1.82, 2.24) is 19.8 Å². The van der Waals surface area contributed by atoms with E-state index >= 15 is 0 Å². The van der Waals surface area contributed by atoms with Crippen LogP contribution in [0.1, 0.15) is 29.2 Å². The zero-order chi connectivity index (χ0) is 18.1. The predicted octanol–water partition coefficient (Wildman–Crippen LogP) is 2.42. The quantitative estimate of drug-likeness (QED) is 0.782. The summed E-state index contributed by atoms with van der Waals surface area (Å²) in [6.45, 7) is 0.932. The van der Waals surface area contributed by atoms with Crippen LogP contribution in [0.25, 0.3) is 11.0 Å². The zero-order valence-electron chi connectivity index (χ0n) is 14.5. The van der Waals surface area contributed by atoms with Crippen molar-refractivity contribution in [3.63, 3.8) is 0 Å². The molecule has 1 N–H and O–H groups in total. The molecule has 4 rings (SSSR count). The molecule has 1 atom stereocenters. The third-order valence-corrected chi connectivity index (χ3v) is 4.73. The number of likely N-dealkylation sites (tertiary alicyclic amines) is 1. The van der Waals surface area contributed by atoms with Crippen molar-refractivity contribution in [1.29, 1.82) is 0 Å². The fourth-order valence-electron chi connectivity index (χ4n) is 3.45. The minimum Gasteiger partial charge on any atom is -0.459 e. The number of hydrogen-bond donors (Lipinski definition) is 1. The molecular formula is C19H20N4O3. The maximum atomic E-state index is 12.9. The van der Waals surface area contributed by atoms with Crippen molar-refractivity contribution in [2.45, 2.75) is 25.4 Å². The van der Waals surface area contributed by atoms with E-state index in [1.165, 1.54) is 6.26 Å². The van der Waals surface area contributed by atoms with E-state index < -0.39 is 6.04 Å². The highest BCUT2D eigenvalue weighted by Crippen LogP contribution is 2.22. The van der Waals surface area contributed by atoms with E-state index in [0.29, 0.717) is 19.5 Å². The molecule has 1 aromatic carbocycles. The first kappa shape index (κ1) is 16.4. The van der Waals surface area contributed by atoms with Crippen molar-refractivity contribution < 1.29 is 14.0 Å². The number of H-pyrrole nitrogens is 1. The van der Waals surface area contributed by atoms with Crippen LogP contribution in [-0.4, -0.2) is 51.2 Å². The Balaban J connectivity index is 1.47. The lowest BCUT2D eigenvalue weighted by Crippen LogP contribution is -2.46. The van der Waals surface area contributed by atoms with Crippen molar-refractivity contribution >= 4 is 22.8 Å². The Bertz CT molecular complexity index is 898. The molecule has 2 amide bonds. The Morgan fingerprint density at radius 1 is 1.31 bits per heavy atom. The van der Waals surface area contributed by atoms with Gasteiger partial charge in [0.05, 0.1) is 23.8 Å². The Labute approximate surface area is 150 Å². The van der Waals surface area contributed by atoms with Crippen LogP contribution in [0.4, 0.5) is 0 Å². The van der Waals surface area contributed by atoms with Crippen LogP contribution in [0.5, 0.6) is 0 Å². The third kappa shape index (κ3) is 2.96. The van der Waals surface area contributed by atoms with Gasteiger partial charge in [0.15, 0.2) is 5.76 Å². The number of hydrogen-bond acceptors (Lipinski definition) is 4. The van der Waals surface area contributed by atoms with E-state index in [2.05, 4.69) is 9.97 Å². The fraction of sp³-hybridized carbons (Fsp3) is 0.316. The summed E-state index contributed by atoms with van der Waals surface area (Å²) >= 11 is 0. The molecule has 134 valence electrons. The number of imidazole rings is 1. The first-order chi connectivity index (χ1) is 12.6. The SMILES string of the molecule is CN(Cc1nc2ccccc2[nH]1)C(=O)[C@H]1CCCN1C(=O)c1ccco1. The average molecular weight is 352 g/mol. The molecule has 1 aliphatic heterocycles. The summed E-state index contributed by atoms with van der Waals surface area (Å²) in [7, 11) is 1.74. The normalized spacial score (nSPS) is 17.0. The van der Waals surface area contributed by atoms with Gasteiger partial charge < -0.3 is 19.2 Å². The molecule has 0 spiro atoms. The van der Waals surface area contributed by atoms with Gasteiger partial charge in [0, 0.05) is 13.6 Å². The minimum atomic E-state index is -0.457. The lowest BCUT2D eigenvalue weighted by molar-refractivity contribution is -0.134. The molecule has 0 saturated carbocycles. The first-order valence-corrected chi connectivity index (χ1v) is 8.66. The number of amides is 2. The molecule has 2 aromatic heterocycles. The van der Waals surface area contributed by atoms with Gasteiger partial charge in [-0.15, -0.1) is 0 Å². The van der Waals surface area contributed by atoms with Crippen LogP contribution in [0.15, 0.2) is 47.1 Å². The topological polar surface area (TPSA) is 82.4 Å². The summed E-state index contributed by atoms with van der Waals surface area (Å²) in [6, 6.07) is 10.6. The molecule has 1 aliphatic rings. The van der Waals surface area contributed by atoms with Gasteiger partial charge in [-0.2, -0.15) is 0 Å². The second-order valence-corrected chi connectivity index (χ2v) is 6.53. The van der Waals surface area contributed by atoms with Crippen LogP contribution in [0.3, 0.4) is 0 Å². The Morgan fingerprint density at radius 2 is 2.15 bits per heavy atom. The van der Waals surface area contributed by atoms with Crippen LogP contribution in [-0.2, 0) is 11.3 Å². The number of carbonyl (C=O) groups is 2. The molecule has 3 heterocycles. The van der Waals surface area contributed by atoms with E-state index in [4.69, 9.17) is 4.42 Å². The standard InChI is InChI=1S/C19H20N4O3/c1-22(12-17-20-13-6-2-3-7-14(13)21-17)18(24)15-8-4-10-23(15)19(25)16-9-5-11-26-16/h2-3,5-7,9,11,15H,4,8,10,12H2,1H3,(H,20,21)/t15-/m1/s1. The molecule has 7 heteroatoms. The lowest BCUT2D eigenvalue weighted by atomic mass is 10.2. The van der Waals surface area contributed by atoms with E-state index in [9.17, 15) is 9.59 Å². The van der Waals surface area contributed by atoms with Gasteiger partial charge in [-0.3, -0.25) is 9.59 Å². The highest BCUT2D eigenvalue weighted by molar-refractivity contribution is 5.95. The molecule has 0 aliphatic carbocycles. The zero-order valence-corrected chi connectivity index (χ0v) is 14.5. The number of nitrogens with one attached hydrogen (secondary N) is 1. The van der Waals surface area contributed by atoms with Gasteiger partial charge in [-0.05, 0) is 37.1 Å². The van der Waals surface area contributed by atoms with Crippen LogP contribution < -0.4 is 0 Å². The molecule has 1 saturated heterocycles. The van der Waals surface area contributed by atoms with Gasteiger partial charge in [-0.1, -0.05) is 12.1 Å². The molecule has 26 heavy (non-hydrogen) atoms. The number of likely N-dealkylation sites (N-methyl/N-ethyl adjacent to an activating group) is 1.